The summed E-state index contributed by atoms with van der Waals surface area (Å²) in [6.07, 6.45) is 1.30. The number of carbonyl (C=O) groups excluding carboxylic acids is 2. The standard InChI is InChI=1S/C30H36N4O4S/c1-3-28(35)34-12-11-22-9-10-24(19-25(22)29(34)23-7-5-4-6-8-23)38-20-27-31-26(21-39-27)30(36)33-15-13-32(14-16-33)17-18-37-2/h4-10,19,21,29H,3,11-18,20H2,1-2H3. The first-order valence-electron chi connectivity index (χ1n) is 13.6. The molecule has 1 fully saturated rings. The average Bonchev–Trinajstić information content (AvgIpc) is 3.47. The largest absolute Gasteiger partial charge is 0.486 e. The van der Waals surface area contributed by atoms with Crippen LogP contribution in [0.4, 0.5) is 0 Å². The van der Waals surface area contributed by atoms with Crippen molar-refractivity contribution in [3.8, 4) is 5.75 Å². The zero-order valence-electron chi connectivity index (χ0n) is 22.7. The summed E-state index contributed by atoms with van der Waals surface area (Å²) in [6, 6.07) is 16.2. The molecule has 1 aromatic heterocycles. The Hall–Kier alpha value is -3.27. The molecular formula is C30H36N4O4S. The summed E-state index contributed by atoms with van der Waals surface area (Å²) in [7, 11) is 1.71. The molecule has 1 saturated heterocycles. The molecule has 0 saturated carbocycles. The van der Waals surface area contributed by atoms with Crippen molar-refractivity contribution in [1.29, 1.82) is 0 Å². The Kier molecular flexibility index (Phi) is 8.91. The average molecular weight is 549 g/mol. The normalized spacial score (nSPS) is 17.6. The maximum Gasteiger partial charge on any atom is 0.273 e. The highest BCUT2D eigenvalue weighted by Gasteiger charge is 2.31. The van der Waals surface area contributed by atoms with E-state index in [2.05, 4.69) is 34.1 Å². The summed E-state index contributed by atoms with van der Waals surface area (Å²) in [4.78, 5) is 36.6. The van der Waals surface area contributed by atoms with Gasteiger partial charge >= 0.3 is 0 Å². The summed E-state index contributed by atoms with van der Waals surface area (Å²) in [5.74, 6) is 0.858. The van der Waals surface area contributed by atoms with Crippen molar-refractivity contribution in [3.05, 3.63) is 81.3 Å². The summed E-state index contributed by atoms with van der Waals surface area (Å²) in [5, 5.41) is 2.59. The molecular weight excluding hydrogens is 512 g/mol. The first-order chi connectivity index (χ1) is 19.1. The van der Waals surface area contributed by atoms with E-state index in [0.29, 0.717) is 38.4 Å². The molecule has 8 nitrogen and oxygen atoms in total. The van der Waals surface area contributed by atoms with Crippen LogP contribution in [0, 0.1) is 0 Å². The molecule has 2 aliphatic heterocycles. The number of methoxy groups -OCH3 is 1. The summed E-state index contributed by atoms with van der Waals surface area (Å²) >= 11 is 1.44. The Morgan fingerprint density at radius 2 is 1.85 bits per heavy atom. The molecule has 1 atom stereocenters. The predicted molar refractivity (Wildman–Crippen MR) is 151 cm³/mol. The maximum absolute atomic E-state index is 13.0. The van der Waals surface area contributed by atoms with Gasteiger partial charge in [-0.15, -0.1) is 11.3 Å². The Balaban J connectivity index is 1.25. The zero-order valence-corrected chi connectivity index (χ0v) is 23.5. The van der Waals surface area contributed by atoms with Crippen LogP contribution >= 0.6 is 11.3 Å². The minimum Gasteiger partial charge on any atom is -0.486 e. The molecule has 0 N–H and O–H groups in total. The van der Waals surface area contributed by atoms with Crippen molar-refractivity contribution < 1.29 is 19.1 Å². The number of hydrogen-bond donors (Lipinski definition) is 0. The van der Waals surface area contributed by atoms with Crippen LogP contribution in [-0.2, 0) is 22.6 Å². The fourth-order valence-electron chi connectivity index (χ4n) is 5.33. The molecule has 5 rings (SSSR count). The lowest BCUT2D eigenvalue weighted by Gasteiger charge is -2.38. The number of nitrogens with zero attached hydrogens (tertiary/aromatic N) is 4. The van der Waals surface area contributed by atoms with Gasteiger partial charge in [0.15, 0.2) is 0 Å². The van der Waals surface area contributed by atoms with Crippen LogP contribution in [0.25, 0.3) is 0 Å². The van der Waals surface area contributed by atoms with E-state index >= 15 is 0 Å². The molecule has 0 radical (unpaired) electrons. The van der Waals surface area contributed by atoms with Gasteiger partial charge < -0.3 is 19.3 Å². The van der Waals surface area contributed by atoms with E-state index in [4.69, 9.17) is 9.47 Å². The number of amides is 2. The highest BCUT2D eigenvalue weighted by atomic mass is 32.1. The first kappa shape index (κ1) is 27.3. The SMILES string of the molecule is CCC(=O)N1CCc2ccc(OCc3nc(C(=O)N4CCN(CCOC)CC4)cs3)cc2C1c1ccccc1. The van der Waals surface area contributed by atoms with Crippen LogP contribution in [-0.4, -0.2) is 84.5 Å². The van der Waals surface area contributed by atoms with Gasteiger partial charge in [-0.3, -0.25) is 14.5 Å². The Bertz CT molecular complexity index is 1270. The monoisotopic (exact) mass is 548 g/mol. The summed E-state index contributed by atoms with van der Waals surface area (Å²) in [5.41, 5.74) is 3.92. The van der Waals surface area contributed by atoms with Gasteiger partial charge in [0.2, 0.25) is 5.91 Å². The van der Waals surface area contributed by atoms with E-state index in [9.17, 15) is 9.59 Å². The first-order valence-corrected chi connectivity index (χ1v) is 14.5. The van der Waals surface area contributed by atoms with E-state index in [1.807, 2.05) is 46.4 Å². The minimum atomic E-state index is -0.134. The molecule has 3 aromatic rings. The van der Waals surface area contributed by atoms with Gasteiger partial charge in [-0.25, -0.2) is 4.98 Å². The number of piperazine rings is 1. The third-order valence-electron chi connectivity index (χ3n) is 7.49. The Morgan fingerprint density at radius 1 is 1.05 bits per heavy atom. The van der Waals surface area contributed by atoms with Gasteiger partial charge in [0.1, 0.15) is 23.1 Å². The van der Waals surface area contributed by atoms with Crippen molar-refractivity contribution in [2.45, 2.75) is 32.4 Å². The number of hydrogen-bond acceptors (Lipinski definition) is 7. The molecule has 206 valence electrons. The number of thiazole rings is 1. The number of rotatable bonds is 9. The second kappa shape index (κ2) is 12.7. The van der Waals surface area contributed by atoms with E-state index in [-0.39, 0.29) is 24.5 Å². The third-order valence-corrected chi connectivity index (χ3v) is 8.31. The van der Waals surface area contributed by atoms with E-state index in [0.717, 1.165) is 47.9 Å². The fraction of sp³-hybridized carbons (Fsp3) is 0.433. The van der Waals surface area contributed by atoms with Crippen molar-refractivity contribution >= 4 is 23.2 Å². The lowest BCUT2D eigenvalue weighted by molar-refractivity contribution is -0.132. The lowest BCUT2D eigenvalue weighted by atomic mass is 9.87. The fourth-order valence-corrected chi connectivity index (χ4v) is 6.01. The minimum absolute atomic E-state index is 0.0240. The maximum atomic E-state index is 13.0. The van der Waals surface area contributed by atoms with E-state index in [1.54, 1.807) is 7.11 Å². The van der Waals surface area contributed by atoms with Crippen molar-refractivity contribution in [3.63, 3.8) is 0 Å². The quantitative estimate of drug-likeness (QED) is 0.402. The van der Waals surface area contributed by atoms with Crippen LogP contribution in [0.1, 0.15) is 51.6 Å². The van der Waals surface area contributed by atoms with Gasteiger partial charge in [0, 0.05) is 58.2 Å². The molecule has 3 heterocycles. The van der Waals surface area contributed by atoms with Crippen molar-refractivity contribution in [1.82, 2.24) is 19.7 Å². The van der Waals surface area contributed by atoms with Gasteiger partial charge in [-0.05, 0) is 35.2 Å². The molecule has 2 amide bonds. The van der Waals surface area contributed by atoms with E-state index < -0.39 is 0 Å². The summed E-state index contributed by atoms with van der Waals surface area (Å²) in [6.45, 7) is 7.58. The molecule has 2 aliphatic rings. The Labute approximate surface area is 234 Å². The highest BCUT2D eigenvalue weighted by molar-refractivity contribution is 7.09. The molecule has 2 aromatic carbocycles. The number of fused-ring (bicyclic) bond motifs is 1. The van der Waals surface area contributed by atoms with Crippen LogP contribution in [0.5, 0.6) is 5.75 Å². The molecule has 0 bridgehead atoms. The third kappa shape index (κ3) is 6.32. The molecule has 9 heteroatoms. The van der Waals surface area contributed by atoms with Gasteiger partial charge in [-0.2, -0.15) is 0 Å². The second-order valence-electron chi connectivity index (χ2n) is 9.91. The number of carbonyl (C=O) groups is 2. The molecule has 39 heavy (non-hydrogen) atoms. The summed E-state index contributed by atoms with van der Waals surface area (Å²) < 4.78 is 11.3. The topological polar surface area (TPSA) is 75.2 Å². The molecule has 0 aliphatic carbocycles. The van der Waals surface area contributed by atoms with Crippen molar-refractivity contribution in [2.24, 2.45) is 0 Å². The van der Waals surface area contributed by atoms with Gasteiger partial charge in [0.25, 0.3) is 5.91 Å². The lowest BCUT2D eigenvalue weighted by Crippen LogP contribution is -2.49. The molecule has 0 spiro atoms. The number of benzene rings is 2. The van der Waals surface area contributed by atoms with Crippen LogP contribution < -0.4 is 4.74 Å². The second-order valence-corrected chi connectivity index (χ2v) is 10.8. The zero-order chi connectivity index (χ0) is 27.2. The molecule has 1 unspecified atom stereocenters. The number of aromatic nitrogens is 1. The van der Waals surface area contributed by atoms with Crippen LogP contribution in [0.15, 0.2) is 53.9 Å². The van der Waals surface area contributed by atoms with Crippen LogP contribution in [0.2, 0.25) is 0 Å². The van der Waals surface area contributed by atoms with Gasteiger partial charge in [0.05, 0.1) is 12.6 Å². The smallest absolute Gasteiger partial charge is 0.273 e. The highest BCUT2D eigenvalue weighted by Crippen LogP contribution is 2.37. The van der Waals surface area contributed by atoms with Crippen molar-refractivity contribution in [2.75, 3.05) is 53.0 Å². The Morgan fingerprint density at radius 3 is 2.59 bits per heavy atom. The van der Waals surface area contributed by atoms with Gasteiger partial charge in [-0.1, -0.05) is 43.3 Å². The predicted octanol–water partition coefficient (Wildman–Crippen LogP) is 4.01. The van der Waals surface area contributed by atoms with E-state index in [1.165, 1.54) is 16.9 Å². The van der Waals surface area contributed by atoms with Crippen LogP contribution in [0.3, 0.4) is 0 Å². The number of ether oxygens (including phenoxy) is 2.